The molecule has 1 aromatic rings. The molecule has 0 saturated heterocycles. The van der Waals surface area contributed by atoms with Crippen LogP contribution in [0.3, 0.4) is 0 Å². The SMILES string of the molecule is CCCCCCNS(=O)(=O)c1cc(NC)ccc1[N+](=O)[O-]. The van der Waals surface area contributed by atoms with E-state index < -0.39 is 20.6 Å². The first-order chi connectivity index (χ1) is 9.92. The monoisotopic (exact) mass is 315 g/mol. The van der Waals surface area contributed by atoms with Gasteiger partial charge in [-0.15, -0.1) is 0 Å². The summed E-state index contributed by atoms with van der Waals surface area (Å²) in [6, 6.07) is 3.93. The van der Waals surface area contributed by atoms with Gasteiger partial charge >= 0.3 is 0 Å². The largest absolute Gasteiger partial charge is 0.388 e. The van der Waals surface area contributed by atoms with Gasteiger partial charge in [-0.05, 0) is 18.6 Å². The lowest BCUT2D eigenvalue weighted by Crippen LogP contribution is -2.25. The molecule has 1 aromatic carbocycles. The first kappa shape index (κ1) is 17.4. The van der Waals surface area contributed by atoms with E-state index in [1.807, 2.05) is 0 Å². The van der Waals surface area contributed by atoms with Crippen molar-refractivity contribution in [3.05, 3.63) is 28.3 Å². The van der Waals surface area contributed by atoms with Crippen molar-refractivity contribution in [1.29, 1.82) is 0 Å². The third kappa shape index (κ3) is 4.98. The predicted octanol–water partition coefficient (Wildman–Crippen LogP) is 2.50. The molecule has 1 rings (SSSR count). The smallest absolute Gasteiger partial charge is 0.289 e. The fraction of sp³-hybridized carbons (Fsp3) is 0.538. The molecule has 2 N–H and O–H groups in total. The molecule has 0 atom stereocenters. The summed E-state index contributed by atoms with van der Waals surface area (Å²) >= 11 is 0. The van der Waals surface area contributed by atoms with Gasteiger partial charge < -0.3 is 5.32 Å². The number of nitro benzene ring substituents is 1. The number of benzene rings is 1. The Hall–Kier alpha value is -1.67. The molecule has 8 heteroatoms. The van der Waals surface area contributed by atoms with Crippen LogP contribution >= 0.6 is 0 Å². The summed E-state index contributed by atoms with van der Waals surface area (Å²) in [5.41, 5.74) is 0.0852. The van der Waals surface area contributed by atoms with Crippen molar-refractivity contribution >= 4 is 21.4 Å². The normalized spacial score (nSPS) is 11.3. The molecule has 0 spiro atoms. The van der Waals surface area contributed by atoms with Crippen LogP contribution in [0.5, 0.6) is 0 Å². The molecule has 0 aromatic heterocycles. The van der Waals surface area contributed by atoms with Crippen molar-refractivity contribution in [2.75, 3.05) is 18.9 Å². The fourth-order valence-electron chi connectivity index (χ4n) is 1.87. The second-order valence-electron chi connectivity index (χ2n) is 4.65. The highest BCUT2D eigenvalue weighted by Gasteiger charge is 2.25. The molecule has 0 radical (unpaired) electrons. The standard InChI is InChI=1S/C13H21N3O4S/c1-3-4-5-6-9-15-21(19,20)13-10-11(14-2)7-8-12(13)16(17)18/h7-8,10,14-15H,3-6,9H2,1-2H3. The van der Waals surface area contributed by atoms with Crippen LogP contribution in [-0.2, 0) is 10.0 Å². The van der Waals surface area contributed by atoms with Gasteiger partial charge in [-0.2, -0.15) is 0 Å². The van der Waals surface area contributed by atoms with Gasteiger partial charge in [-0.1, -0.05) is 26.2 Å². The Morgan fingerprint density at radius 2 is 1.95 bits per heavy atom. The van der Waals surface area contributed by atoms with E-state index in [4.69, 9.17) is 0 Å². The summed E-state index contributed by atoms with van der Waals surface area (Å²) in [7, 11) is -2.27. The molecule has 0 aliphatic heterocycles. The van der Waals surface area contributed by atoms with Crippen LogP contribution in [0.25, 0.3) is 0 Å². The van der Waals surface area contributed by atoms with Crippen molar-refractivity contribution in [2.24, 2.45) is 0 Å². The highest BCUT2D eigenvalue weighted by Crippen LogP contribution is 2.26. The molecule has 0 saturated carbocycles. The number of nitro groups is 1. The first-order valence-corrected chi connectivity index (χ1v) is 8.36. The summed E-state index contributed by atoms with van der Waals surface area (Å²) in [4.78, 5) is 9.98. The van der Waals surface area contributed by atoms with E-state index in [1.165, 1.54) is 18.2 Å². The minimum atomic E-state index is -3.89. The second-order valence-corrected chi connectivity index (χ2v) is 6.38. The van der Waals surface area contributed by atoms with Crippen LogP contribution in [0.4, 0.5) is 11.4 Å². The molecule has 0 unspecified atom stereocenters. The molecular weight excluding hydrogens is 294 g/mol. The van der Waals surface area contributed by atoms with E-state index in [9.17, 15) is 18.5 Å². The molecule has 0 bridgehead atoms. The number of hydrogen-bond donors (Lipinski definition) is 2. The quantitative estimate of drug-likeness (QED) is 0.414. The number of unbranched alkanes of at least 4 members (excludes halogenated alkanes) is 3. The van der Waals surface area contributed by atoms with Crippen LogP contribution in [0.2, 0.25) is 0 Å². The first-order valence-electron chi connectivity index (χ1n) is 6.88. The molecular formula is C13H21N3O4S. The molecule has 0 aliphatic rings. The van der Waals surface area contributed by atoms with Gasteiger partial charge in [0.2, 0.25) is 10.0 Å². The average Bonchev–Trinajstić information content (AvgIpc) is 2.46. The van der Waals surface area contributed by atoms with Crippen LogP contribution < -0.4 is 10.0 Å². The number of rotatable bonds is 9. The van der Waals surface area contributed by atoms with Gasteiger partial charge in [0, 0.05) is 25.3 Å². The van der Waals surface area contributed by atoms with E-state index in [1.54, 1.807) is 7.05 Å². The van der Waals surface area contributed by atoms with Crippen molar-refractivity contribution < 1.29 is 13.3 Å². The maximum absolute atomic E-state index is 12.2. The van der Waals surface area contributed by atoms with Crippen LogP contribution in [0.1, 0.15) is 32.6 Å². The topological polar surface area (TPSA) is 101 Å². The van der Waals surface area contributed by atoms with Crippen molar-refractivity contribution in [3.63, 3.8) is 0 Å². The average molecular weight is 315 g/mol. The highest BCUT2D eigenvalue weighted by molar-refractivity contribution is 7.89. The zero-order valence-electron chi connectivity index (χ0n) is 12.3. The lowest BCUT2D eigenvalue weighted by Gasteiger charge is -2.09. The molecule has 0 fully saturated rings. The summed E-state index contributed by atoms with van der Waals surface area (Å²) in [5.74, 6) is 0. The molecule has 0 amide bonds. The zero-order valence-corrected chi connectivity index (χ0v) is 13.1. The summed E-state index contributed by atoms with van der Waals surface area (Å²) < 4.78 is 26.9. The number of anilines is 1. The summed E-state index contributed by atoms with van der Waals surface area (Å²) in [6.45, 7) is 2.35. The van der Waals surface area contributed by atoms with E-state index >= 15 is 0 Å². The Balaban J connectivity index is 2.92. The van der Waals surface area contributed by atoms with Crippen molar-refractivity contribution in [3.8, 4) is 0 Å². The third-order valence-electron chi connectivity index (χ3n) is 3.06. The fourth-order valence-corrected chi connectivity index (χ4v) is 3.14. The Labute approximate surface area is 124 Å². The van der Waals surface area contributed by atoms with E-state index in [-0.39, 0.29) is 11.4 Å². The molecule has 7 nitrogen and oxygen atoms in total. The van der Waals surface area contributed by atoms with E-state index in [0.717, 1.165) is 19.3 Å². The second kappa shape index (κ2) is 7.94. The maximum atomic E-state index is 12.2. The van der Waals surface area contributed by atoms with Crippen LogP contribution in [0.15, 0.2) is 23.1 Å². The predicted molar refractivity (Wildman–Crippen MR) is 82.0 cm³/mol. The Morgan fingerprint density at radius 3 is 2.52 bits per heavy atom. The van der Waals surface area contributed by atoms with Gasteiger partial charge in [-0.25, -0.2) is 13.1 Å². The molecule has 118 valence electrons. The number of sulfonamides is 1. The highest BCUT2D eigenvalue weighted by atomic mass is 32.2. The number of nitrogens with zero attached hydrogens (tertiary/aromatic N) is 1. The molecule has 21 heavy (non-hydrogen) atoms. The van der Waals surface area contributed by atoms with Gasteiger partial charge in [0.05, 0.1) is 4.92 Å². The zero-order chi connectivity index (χ0) is 15.9. The Morgan fingerprint density at radius 1 is 1.24 bits per heavy atom. The maximum Gasteiger partial charge on any atom is 0.289 e. The molecule has 0 aliphatic carbocycles. The van der Waals surface area contributed by atoms with Crippen molar-refractivity contribution in [1.82, 2.24) is 4.72 Å². The van der Waals surface area contributed by atoms with Gasteiger partial charge in [0.15, 0.2) is 4.90 Å². The van der Waals surface area contributed by atoms with Gasteiger partial charge in [0.1, 0.15) is 0 Å². The lowest BCUT2D eigenvalue weighted by atomic mass is 10.2. The molecule has 0 heterocycles. The Kier molecular flexibility index (Phi) is 6.57. The Bertz CT molecular complexity index is 587. The minimum Gasteiger partial charge on any atom is -0.388 e. The van der Waals surface area contributed by atoms with Gasteiger partial charge in [0.25, 0.3) is 5.69 Å². The van der Waals surface area contributed by atoms with Crippen molar-refractivity contribution in [2.45, 2.75) is 37.5 Å². The van der Waals surface area contributed by atoms with E-state index in [0.29, 0.717) is 12.1 Å². The minimum absolute atomic E-state index is 0.281. The number of hydrogen-bond acceptors (Lipinski definition) is 5. The van der Waals surface area contributed by atoms with E-state index in [2.05, 4.69) is 17.0 Å². The van der Waals surface area contributed by atoms with Crippen LogP contribution in [0, 0.1) is 10.1 Å². The van der Waals surface area contributed by atoms with Gasteiger partial charge in [-0.3, -0.25) is 10.1 Å². The summed E-state index contributed by atoms with van der Waals surface area (Å²) in [6.07, 6.45) is 3.74. The van der Waals surface area contributed by atoms with Crippen LogP contribution in [-0.4, -0.2) is 26.9 Å². The summed E-state index contributed by atoms with van der Waals surface area (Å²) in [5, 5.41) is 13.8. The number of nitrogens with one attached hydrogen (secondary N) is 2. The lowest BCUT2D eigenvalue weighted by molar-refractivity contribution is -0.387. The third-order valence-corrected chi connectivity index (χ3v) is 4.55.